The van der Waals surface area contributed by atoms with E-state index in [0.717, 1.165) is 11.1 Å². The molecular formula is C22H18FN3O2. The summed E-state index contributed by atoms with van der Waals surface area (Å²) >= 11 is 0. The van der Waals surface area contributed by atoms with E-state index in [1.807, 2.05) is 47.6 Å². The van der Waals surface area contributed by atoms with Crippen molar-refractivity contribution in [3.63, 3.8) is 0 Å². The number of aromatic nitrogens is 2. The molecule has 2 aliphatic heterocycles. The molecule has 5 nitrogen and oxygen atoms in total. The van der Waals surface area contributed by atoms with Crippen LogP contribution in [-0.4, -0.2) is 29.0 Å². The van der Waals surface area contributed by atoms with Crippen LogP contribution >= 0.6 is 0 Å². The summed E-state index contributed by atoms with van der Waals surface area (Å²) in [6, 6.07) is 14.5. The van der Waals surface area contributed by atoms with Crippen molar-refractivity contribution >= 4 is 11.9 Å². The molecule has 0 aliphatic carbocycles. The Bertz CT molecular complexity index is 1030. The number of rotatable bonds is 2. The summed E-state index contributed by atoms with van der Waals surface area (Å²) in [5.41, 5.74) is 1.89. The fourth-order valence-corrected chi connectivity index (χ4v) is 4.12. The smallest absolute Gasteiger partial charge is 0.339 e. The van der Waals surface area contributed by atoms with Crippen molar-refractivity contribution in [2.45, 2.75) is 18.4 Å². The Morgan fingerprint density at radius 2 is 1.64 bits per heavy atom. The van der Waals surface area contributed by atoms with Crippen LogP contribution < -0.4 is 4.90 Å². The zero-order valence-electron chi connectivity index (χ0n) is 15.1. The second-order valence-electron chi connectivity index (χ2n) is 7.17. The predicted molar refractivity (Wildman–Crippen MR) is 102 cm³/mol. The van der Waals surface area contributed by atoms with Gasteiger partial charge in [-0.15, -0.1) is 0 Å². The van der Waals surface area contributed by atoms with E-state index in [1.165, 1.54) is 6.07 Å². The molecule has 0 saturated carbocycles. The number of fused-ring (bicyclic) bond motifs is 2. The maximum atomic E-state index is 14.4. The molecule has 0 atom stereocenters. The highest BCUT2D eigenvalue weighted by Gasteiger charge is 2.49. The van der Waals surface area contributed by atoms with Crippen molar-refractivity contribution in [3.8, 4) is 11.1 Å². The van der Waals surface area contributed by atoms with Crippen molar-refractivity contribution in [2.24, 2.45) is 0 Å². The fourth-order valence-electron chi connectivity index (χ4n) is 4.12. The van der Waals surface area contributed by atoms with E-state index in [4.69, 9.17) is 4.74 Å². The van der Waals surface area contributed by atoms with Crippen LogP contribution in [0.4, 0.5) is 10.3 Å². The van der Waals surface area contributed by atoms with Gasteiger partial charge >= 0.3 is 5.97 Å². The topological polar surface area (TPSA) is 55.3 Å². The van der Waals surface area contributed by atoms with E-state index in [1.54, 1.807) is 12.1 Å². The van der Waals surface area contributed by atoms with E-state index in [2.05, 4.69) is 9.97 Å². The molecule has 0 bridgehead atoms. The minimum absolute atomic E-state index is 0.344. The molecule has 6 heteroatoms. The van der Waals surface area contributed by atoms with Crippen molar-refractivity contribution in [1.29, 1.82) is 0 Å². The van der Waals surface area contributed by atoms with Crippen molar-refractivity contribution < 1.29 is 13.9 Å². The average Bonchev–Trinajstić information content (AvgIpc) is 3.02. The Kier molecular flexibility index (Phi) is 3.86. The van der Waals surface area contributed by atoms with Gasteiger partial charge in [-0.1, -0.05) is 36.4 Å². The molecule has 1 aromatic heterocycles. The normalized spacial score (nSPS) is 17.5. The Morgan fingerprint density at radius 3 is 2.36 bits per heavy atom. The quantitative estimate of drug-likeness (QED) is 0.635. The number of halogens is 1. The van der Waals surface area contributed by atoms with Crippen molar-refractivity contribution in [1.82, 2.24) is 9.97 Å². The number of piperidine rings is 1. The van der Waals surface area contributed by atoms with Crippen LogP contribution in [0.2, 0.25) is 0 Å². The summed E-state index contributed by atoms with van der Waals surface area (Å²) in [6.45, 7) is 1.18. The number of carbonyl (C=O) groups excluding carboxylic acids is 1. The number of carbonyl (C=O) groups is 1. The van der Waals surface area contributed by atoms with E-state index >= 15 is 0 Å². The van der Waals surface area contributed by atoms with E-state index in [9.17, 15) is 9.18 Å². The lowest BCUT2D eigenvalue weighted by Crippen LogP contribution is -2.43. The molecule has 0 amide bonds. The second kappa shape index (κ2) is 6.41. The number of esters is 1. The monoisotopic (exact) mass is 375 g/mol. The lowest BCUT2D eigenvalue weighted by Gasteiger charge is -2.38. The second-order valence-corrected chi connectivity index (χ2v) is 7.17. The standard InChI is InChI=1S/C22H18FN3O2/c23-18-8-4-7-17-19(18)22(28-20(17)27)9-11-26(12-10-22)21-24-13-16(14-25-21)15-5-2-1-3-6-15/h1-8,13-14H,9-12H2. The largest absolute Gasteiger partial charge is 0.450 e. The van der Waals surface area contributed by atoms with Gasteiger partial charge in [0.1, 0.15) is 11.4 Å². The lowest BCUT2D eigenvalue weighted by atomic mass is 9.83. The SMILES string of the molecule is O=C1OC2(CCN(c3ncc(-c4ccccc4)cn3)CC2)c2c(F)cccc21. The molecule has 5 rings (SSSR count). The minimum atomic E-state index is -0.877. The molecule has 0 radical (unpaired) electrons. The molecular weight excluding hydrogens is 357 g/mol. The summed E-state index contributed by atoms with van der Waals surface area (Å²) in [4.78, 5) is 23.2. The lowest BCUT2D eigenvalue weighted by molar-refractivity contribution is -0.0225. The van der Waals surface area contributed by atoms with E-state index in [0.29, 0.717) is 43.0 Å². The Balaban J connectivity index is 1.35. The molecule has 1 fully saturated rings. The summed E-state index contributed by atoms with van der Waals surface area (Å²) in [5.74, 6) is -0.181. The molecule has 1 spiro atoms. The number of benzene rings is 2. The van der Waals surface area contributed by atoms with Crippen LogP contribution in [0.3, 0.4) is 0 Å². The van der Waals surface area contributed by atoms with E-state index in [-0.39, 0.29) is 5.82 Å². The van der Waals surface area contributed by atoms with Crippen LogP contribution in [0.1, 0.15) is 28.8 Å². The van der Waals surface area contributed by atoms with Crippen molar-refractivity contribution in [3.05, 3.63) is 77.9 Å². The van der Waals surface area contributed by atoms with Crippen LogP contribution in [-0.2, 0) is 10.3 Å². The molecule has 28 heavy (non-hydrogen) atoms. The number of hydrogen-bond acceptors (Lipinski definition) is 5. The van der Waals surface area contributed by atoms with Crippen molar-refractivity contribution in [2.75, 3.05) is 18.0 Å². The van der Waals surface area contributed by atoms with E-state index < -0.39 is 11.6 Å². The first kappa shape index (κ1) is 16.9. The maximum Gasteiger partial charge on any atom is 0.339 e. The molecule has 3 aromatic rings. The van der Waals surface area contributed by atoms with Crippen LogP contribution in [0.15, 0.2) is 60.9 Å². The number of nitrogens with zero attached hydrogens (tertiary/aromatic N) is 3. The van der Waals surface area contributed by atoms with Gasteiger partial charge < -0.3 is 9.64 Å². The van der Waals surface area contributed by atoms with Gasteiger partial charge in [0, 0.05) is 49.5 Å². The predicted octanol–water partition coefficient (Wildman–Crippen LogP) is 3.95. The fraction of sp³-hybridized carbons (Fsp3) is 0.227. The Labute approximate surface area is 161 Å². The highest BCUT2D eigenvalue weighted by atomic mass is 19.1. The highest BCUT2D eigenvalue weighted by Crippen LogP contribution is 2.45. The highest BCUT2D eigenvalue weighted by molar-refractivity contribution is 5.94. The molecule has 2 aliphatic rings. The van der Waals surface area contributed by atoms with Gasteiger partial charge in [-0.3, -0.25) is 0 Å². The number of anilines is 1. The average molecular weight is 375 g/mol. The summed E-state index contributed by atoms with van der Waals surface area (Å²) in [5, 5.41) is 0. The van der Waals surface area contributed by atoms with Crippen LogP contribution in [0.25, 0.3) is 11.1 Å². The van der Waals surface area contributed by atoms with Gasteiger partial charge in [-0.2, -0.15) is 0 Å². The third-order valence-corrected chi connectivity index (χ3v) is 5.58. The summed E-state index contributed by atoms with van der Waals surface area (Å²) < 4.78 is 20.1. The molecule has 1 saturated heterocycles. The van der Waals surface area contributed by atoms with Gasteiger partial charge in [0.25, 0.3) is 0 Å². The Morgan fingerprint density at radius 1 is 0.929 bits per heavy atom. The zero-order chi connectivity index (χ0) is 19.1. The first-order valence-corrected chi connectivity index (χ1v) is 9.31. The van der Waals surface area contributed by atoms with Gasteiger partial charge in [0.05, 0.1) is 5.56 Å². The van der Waals surface area contributed by atoms with Crippen LogP contribution in [0.5, 0.6) is 0 Å². The molecule has 3 heterocycles. The Hall–Kier alpha value is -3.28. The zero-order valence-corrected chi connectivity index (χ0v) is 15.1. The first-order chi connectivity index (χ1) is 13.7. The molecule has 0 N–H and O–H groups in total. The molecule has 2 aromatic carbocycles. The maximum absolute atomic E-state index is 14.4. The molecule has 140 valence electrons. The number of hydrogen-bond donors (Lipinski definition) is 0. The van der Waals surface area contributed by atoms with Gasteiger partial charge in [0.2, 0.25) is 5.95 Å². The minimum Gasteiger partial charge on any atom is -0.450 e. The third-order valence-electron chi connectivity index (χ3n) is 5.58. The van der Waals surface area contributed by atoms with Crippen LogP contribution in [0, 0.1) is 5.82 Å². The molecule has 0 unspecified atom stereocenters. The number of ether oxygens (including phenoxy) is 1. The third kappa shape index (κ3) is 2.64. The summed E-state index contributed by atoms with van der Waals surface area (Å²) in [6.07, 6.45) is 4.64. The summed E-state index contributed by atoms with van der Waals surface area (Å²) in [7, 11) is 0. The van der Waals surface area contributed by atoms with Gasteiger partial charge in [0.15, 0.2) is 0 Å². The first-order valence-electron chi connectivity index (χ1n) is 9.31. The van der Waals surface area contributed by atoms with Gasteiger partial charge in [-0.25, -0.2) is 19.2 Å². The van der Waals surface area contributed by atoms with Gasteiger partial charge in [-0.05, 0) is 17.7 Å².